The molecule has 0 radical (unpaired) electrons. The molecule has 0 saturated heterocycles. The van der Waals surface area contributed by atoms with E-state index in [1.54, 1.807) is 6.26 Å². The van der Waals surface area contributed by atoms with Gasteiger partial charge in [0.1, 0.15) is 12.4 Å². The van der Waals surface area contributed by atoms with Crippen LogP contribution in [-0.2, 0) is 16.1 Å². The lowest BCUT2D eigenvalue weighted by Crippen LogP contribution is -2.25. The second-order valence-electron chi connectivity index (χ2n) is 3.27. The highest BCUT2D eigenvalue weighted by atomic mass is 35.5. The highest BCUT2D eigenvalue weighted by molar-refractivity contribution is 6.18. The summed E-state index contributed by atoms with van der Waals surface area (Å²) in [6, 6.07) is 3.69. The normalized spacial score (nSPS) is 10.3. The van der Waals surface area contributed by atoms with Crippen LogP contribution in [0.15, 0.2) is 22.8 Å². The van der Waals surface area contributed by atoms with Crippen LogP contribution in [0.25, 0.3) is 0 Å². The molecule has 4 nitrogen and oxygen atoms in total. The van der Waals surface area contributed by atoms with Crippen LogP contribution in [0.2, 0.25) is 0 Å². The first-order chi connectivity index (χ1) is 7.83. The Bertz CT molecular complexity index is 287. The minimum absolute atomic E-state index is 0.0129. The number of alkyl halides is 1. The maximum Gasteiger partial charge on any atom is 0.221 e. The quantitative estimate of drug-likeness (QED) is 0.563. The Labute approximate surface area is 99.9 Å². The first-order valence-electron chi connectivity index (χ1n) is 5.25. The van der Waals surface area contributed by atoms with Crippen LogP contribution in [0, 0.1) is 0 Å². The molecule has 1 rings (SSSR count). The standard InChI is InChI=1S/C11H16ClNO3/c12-5-4-11(14)13-6-2-7-15-9-10-3-1-8-16-10/h1,3,8H,2,4-7,9H2,(H,13,14). The highest BCUT2D eigenvalue weighted by Gasteiger charge is 1.99. The lowest BCUT2D eigenvalue weighted by molar-refractivity contribution is -0.120. The van der Waals surface area contributed by atoms with Gasteiger partial charge in [0, 0.05) is 25.5 Å². The second kappa shape index (κ2) is 8.19. The summed E-state index contributed by atoms with van der Waals surface area (Å²) < 4.78 is 10.4. The Morgan fingerprint density at radius 3 is 3.12 bits per heavy atom. The topological polar surface area (TPSA) is 51.5 Å². The summed E-state index contributed by atoms with van der Waals surface area (Å²) in [4.78, 5) is 11.0. The van der Waals surface area contributed by atoms with Crippen molar-refractivity contribution in [1.82, 2.24) is 5.32 Å². The molecule has 0 spiro atoms. The average molecular weight is 246 g/mol. The molecule has 0 bridgehead atoms. The molecule has 0 aliphatic heterocycles. The molecule has 0 atom stereocenters. The second-order valence-corrected chi connectivity index (χ2v) is 3.65. The molecule has 1 aromatic rings. The third-order valence-corrected chi connectivity index (χ3v) is 2.12. The van der Waals surface area contributed by atoms with Gasteiger partial charge in [0.25, 0.3) is 0 Å². The molecule has 0 aliphatic carbocycles. The number of ether oxygens (including phenoxy) is 1. The van der Waals surface area contributed by atoms with Crippen LogP contribution < -0.4 is 5.32 Å². The molecule has 5 heteroatoms. The van der Waals surface area contributed by atoms with Gasteiger partial charge in [0.2, 0.25) is 5.91 Å². The molecule has 1 N–H and O–H groups in total. The number of halogens is 1. The first kappa shape index (κ1) is 13.1. The molecule has 0 aliphatic rings. The van der Waals surface area contributed by atoms with Gasteiger partial charge in [0.05, 0.1) is 6.26 Å². The van der Waals surface area contributed by atoms with Gasteiger partial charge in [0.15, 0.2) is 0 Å². The maximum absolute atomic E-state index is 11.0. The van der Waals surface area contributed by atoms with Crippen LogP contribution >= 0.6 is 11.6 Å². The summed E-state index contributed by atoms with van der Waals surface area (Å²) in [6.07, 6.45) is 2.77. The van der Waals surface area contributed by atoms with Crippen molar-refractivity contribution in [3.8, 4) is 0 Å². The molecular formula is C11H16ClNO3. The molecule has 1 amide bonds. The number of amides is 1. The molecule has 1 aromatic heterocycles. The van der Waals surface area contributed by atoms with E-state index < -0.39 is 0 Å². The van der Waals surface area contributed by atoms with Crippen molar-refractivity contribution in [3.05, 3.63) is 24.2 Å². The van der Waals surface area contributed by atoms with E-state index in [4.69, 9.17) is 20.8 Å². The molecular weight excluding hydrogens is 230 g/mol. The number of carbonyl (C=O) groups excluding carboxylic acids is 1. The number of rotatable bonds is 8. The lowest BCUT2D eigenvalue weighted by atomic mass is 10.4. The van der Waals surface area contributed by atoms with E-state index in [0.29, 0.717) is 32.1 Å². The van der Waals surface area contributed by atoms with Crippen molar-refractivity contribution in [1.29, 1.82) is 0 Å². The van der Waals surface area contributed by atoms with Gasteiger partial charge >= 0.3 is 0 Å². The molecule has 0 unspecified atom stereocenters. The van der Waals surface area contributed by atoms with Gasteiger partial charge in [-0.25, -0.2) is 0 Å². The summed E-state index contributed by atoms with van der Waals surface area (Å²) in [7, 11) is 0. The van der Waals surface area contributed by atoms with Crippen LogP contribution in [0.5, 0.6) is 0 Å². The van der Waals surface area contributed by atoms with E-state index in [1.807, 2.05) is 12.1 Å². The van der Waals surface area contributed by atoms with Crippen LogP contribution in [0.1, 0.15) is 18.6 Å². The van der Waals surface area contributed by atoms with E-state index >= 15 is 0 Å². The zero-order valence-corrected chi connectivity index (χ0v) is 9.83. The van der Waals surface area contributed by atoms with Gasteiger partial charge in [-0.15, -0.1) is 11.6 Å². The van der Waals surface area contributed by atoms with Gasteiger partial charge < -0.3 is 14.5 Å². The van der Waals surface area contributed by atoms with Crippen molar-refractivity contribution in [2.24, 2.45) is 0 Å². The number of hydrogen-bond donors (Lipinski definition) is 1. The van der Waals surface area contributed by atoms with Crippen LogP contribution in [0.4, 0.5) is 0 Å². The Kier molecular flexibility index (Phi) is 6.69. The Morgan fingerprint density at radius 1 is 1.56 bits per heavy atom. The van der Waals surface area contributed by atoms with Crippen molar-refractivity contribution in [3.63, 3.8) is 0 Å². The van der Waals surface area contributed by atoms with E-state index in [2.05, 4.69) is 5.32 Å². The molecule has 90 valence electrons. The molecule has 16 heavy (non-hydrogen) atoms. The smallest absolute Gasteiger partial charge is 0.221 e. The number of hydrogen-bond acceptors (Lipinski definition) is 3. The predicted molar refractivity (Wildman–Crippen MR) is 61.3 cm³/mol. The van der Waals surface area contributed by atoms with Crippen molar-refractivity contribution >= 4 is 17.5 Å². The SMILES string of the molecule is O=C(CCCl)NCCCOCc1ccco1. The molecule has 1 heterocycles. The number of furan rings is 1. The summed E-state index contributed by atoms with van der Waals surface area (Å²) in [6.45, 7) is 1.69. The summed E-state index contributed by atoms with van der Waals surface area (Å²) in [5.74, 6) is 1.16. The van der Waals surface area contributed by atoms with Gasteiger partial charge in [-0.2, -0.15) is 0 Å². The fourth-order valence-corrected chi connectivity index (χ4v) is 1.32. The highest BCUT2D eigenvalue weighted by Crippen LogP contribution is 2.01. The monoisotopic (exact) mass is 245 g/mol. The zero-order valence-electron chi connectivity index (χ0n) is 9.08. The van der Waals surface area contributed by atoms with E-state index in [9.17, 15) is 4.79 Å². The van der Waals surface area contributed by atoms with Crippen molar-refractivity contribution in [2.45, 2.75) is 19.4 Å². The average Bonchev–Trinajstić information content (AvgIpc) is 2.76. The predicted octanol–water partition coefficient (Wildman–Crippen LogP) is 1.93. The lowest BCUT2D eigenvalue weighted by Gasteiger charge is -2.04. The number of nitrogens with one attached hydrogen (secondary N) is 1. The molecule has 0 fully saturated rings. The third kappa shape index (κ3) is 5.78. The van der Waals surface area contributed by atoms with E-state index in [0.717, 1.165) is 12.2 Å². The van der Waals surface area contributed by atoms with E-state index in [-0.39, 0.29) is 5.91 Å². The van der Waals surface area contributed by atoms with Crippen LogP contribution in [-0.4, -0.2) is 24.9 Å². The fourth-order valence-electron chi connectivity index (χ4n) is 1.14. The van der Waals surface area contributed by atoms with Gasteiger partial charge in [-0.3, -0.25) is 4.79 Å². The van der Waals surface area contributed by atoms with Crippen molar-refractivity contribution in [2.75, 3.05) is 19.0 Å². The summed E-state index contributed by atoms with van der Waals surface area (Å²) in [5, 5.41) is 2.75. The molecule has 0 saturated carbocycles. The fraction of sp³-hybridized carbons (Fsp3) is 0.545. The Hall–Kier alpha value is -1.00. The van der Waals surface area contributed by atoms with Gasteiger partial charge in [-0.05, 0) is 18.6 Å². The van der Waals surface area contributed by atoms with Crippen molar-refractivity contribution < 1.29 is 13.9 Å². The van der Waals surface area contributed by atoms with Crippen LogP contribution in [0.3, 0.4) is 0 Å². The summed E-state index contributed by atoms with van der Waals surface area (Å²) in [5.41, 5.74) is 0. The Morgan fingerprint density at radius 2 is 2.44 bits per heavy atom. The maximum atomic E-state index is 11.0. The van der Waals surface area contributed by atoms with Gasteiger partial charge in [-0.1, -0.05) is 0 Å². The first-order valence-corrected chi connectivity index (χ1v) is 5.79. The van der Waals surface area contributed by atoms with E-state index in [1.165, 1.54) is 0 Å². The minimum Gasteiger partial charge on any atom is -0.467 e. The zero-order chi connectivity index (χ0) is 11.6. The largest absolute Gasteiger partial charge is 0.467 e. The minimum atomic E-state index is -0.0129. The molecule has 0 aromatic carbocycles. The Balaban J connectivity index is 1.90. The summed E-state index contributed by atoms with van der Waals surface area (Å²) >= 11 is 5.42. The third-order valence-electron chi connectivity index (χ3n) is 1.93. The number of carbonyl (C=O) groups is 1.